The summed E-state index contributed by atoms with van der Waals surface area (Å²) in [4.78, 5) is 0. The van der Waals surface area contributed by atoms with Crippen molar-refractivity contribution in [3.05, 3.63) is 91.9 Å². The Bertz CT molecular complexity index is 2970. The second-order valence-electron chi connectivity index (χ2n) is 26.8. The minimum Gasteiger partial charge on any atom is -0.492 e. The lowest BCUT2D eigenvalue weighted by molar-refractivity contribution is 0.280. The van der Waals surface area contributed by atoms with Crippen molar-refractivity contribution in [1.29, 1.82) is 0 Å². The second-order valence-corrected chi connectivity index (χ2v) is 32.4. The van der Waals surface area contributed by atoms with Crippen LogP contribution in [0.2, 0.25) is 19.6 Å². The van der Waals surface area contributed by atoms with Crippen LogP contribution in [0.25, 0.3) is 0 Å². The van der Waals surface area contributed by atoms with E-state index < -0.39 is 8.07 Å². The molecule has 10 heteroatoms. The van der Waals surface area contributed by atoms with E-state index in [-0.39, 0.29) is 0 Å². The van der Waals surface area contributed by atoms with Gasteiger partial charge in [-0.2, -0.15) is 0 Å². The summed E-state index contributed by atoms with van der Waals surface area (Å²) in [7, 11) is -1.72. The molecule has 0 fully saturated rings. The van der Waals surface area contributed by atoms with Gasteiger partial charge in [0.1, 0.15) is 54.1 Å². The van der Waals surface area contributed by atoms with Crippen LogP contribution in [0.5, 0.6) is 46.0 Å². The van der Waals surface area contributed by atoms with Crippen molar-refractivity contribution >= 4 is 24.0 Å². The van der Waals surface area contributed by atoms with Gasteiger partial charge in [-0.1, -0.05) is 172 Å². The van der Waals surface area contributed by atoms with Crippen LogP contribution in [0.3, 0.4) is 0 Å². The summed E-state index contributed by atoms with van der Waals surface area (Å²) in [5.41, 5.74) is 8.52. The molecule has 0 aliphatic heterocycles. The molecule has 0 aromatic heterocycles. The Hall–Kier alpha value is -5.78. The third-order valence-corrected chi connectivity index (χ3v) is 15.0. The van der Waals surface area contributed by atoms with Crippen LogP contribution in [-0.2, 0) is 0 Å². The van der Waals surface area contributed by atoms with Crippen molar-refractivity contribution < 1.29 is 37.9 Å². The maximum Gasteiger partial charge on any atom is 0.136 e. The van der Waals surface area contributed by atoms with E-state index in [4.69, 9.17) is 37.9 Å². The Morgan fingerprint density at radius 3 is 0.624 bits per heavy atom. The van der Waals surface area contributed by atoms with Gasteiger partial charge in [0.05, 0.1) is 96.3 Å². The van der Waals surface area contributed by atoms with Crippen molar-refractivity contribution in [3.8, 4) is 93.0 Å². The van der Waals surface area contributed by atoms with Crippen LogP contribution in [0.15, 0.2) is 53.0 Å². The van der Waals surface area contributed by atoms with Gasteiger partial charge >= 0.3 is 0 Å². The van der Waals surface area contributed by atoms with E-state index >= 15 is 0 Å². The first-order valence-corrected chi connectivity index (χ1v) is 36.0. The standard InChI is InChI=1S/C75H105BrO8Si/c1-52(2)26-35-77-68-45-62(22-23-64-48-73(82-40-31-57(11)12)66(34-43-85(17,18)19)49-72(64)81-39-30-56(9)10)69(78-36-27-53(3)4)44-60(68)20-21-61-46-71(80-38-29-55(7)8)63(47-70(61)79-37-28-54(5)6)24-25-65-50-75(84-42-33-59(15)16)67(76)51-74(65)83-41-32-58(13)14/h44-59H,26-33,35-42H2,1-19H3. The van der Waals surface area contributed by atoms with Gasteiger partial charge < -0.3 is 37.9 Å². The topological polar surface area (TPSA) is 73.8 Å². The largest absolute Gasteiger partial charge is 0.492 e. The molecule has 0 saturated carbocycles. The number of halogens is 1. The van der Waals surface area contributed by atoms with Crippen molar-refractivity contribution in [2.75, 3.05) is 52.9 Å². The number of ether oxygens (including phenoxy) is 8. The number of hydrogen-bond donors (Lipinski definition) is 0. The van der Waals surface area contributed by atoms with Crippen molar-refractivity contribution in [2.24, 2.45) is 47.3 Å². The first-order valence-electron chi connectivity index (χ1n) is 31.8. The Kier molecular flexibility index (Phi) is 31.2. The molecule has 4 aromatic carbocycles. The van der Waals surface area contributed by atoms with E-state index in [0.29, 0.717) is 168 Å². The number of rotatable bonds is 32. The maximum atomic E-state index is 6.71. The molecule has 0 N–H and O–H groups in total. The van der Waals surface area contributed by atoms with Crippen LogP contribution in [0, 0.1) is 94.3 Å². The summed E-state index contributed by atoms with van der Waals surface area (Å²) < 4.78 is 53.4. The lowest BCUT2D eigenvalue weighted by Gasteiger charge is -2.16. The van der Waals surface area contributed by atoms with Gasteiger partial charge in [0.2, 0.25) is 0 Å². The molecule has 8 nitrogen and oxygen atoms in total. The van der Waals surface area contributed by atoms with Crippen LogP contribution < -0.4 is 37.9 Å². The Morgan fingerprint density at radius 2 is 0.435 bits per heavy atom. The molecule has 4 rings (SSSR count). The van der Waals surface area contributed by atoms with Gasteiger partial charge in [-0.3, -0.25) is 0 Å². The Balaban J connectivity index is 2.03. The van der Waals surface area contributed by atoms with Gasteiger partial charge in [0.25, 0.3) is 0 Å². The molecule has 0 saturated heterocycles. The van der Waals surface area contributed by atoms with E-state index in [2.05, 4.69) is 193 Å². The smallest absolute Gasteiger partial charge is 0.136 e. The fourth-order valence-electron chi connectivity index (χ4n) is 7.74. The Labute approximate surface area is 525 Å². The molecule has 464 valence electrons. The van der Waals surface area contributed by atoms with Gasteiger partial charge in [-0.05, 0) is 121 Å². The van der Waals surface area contributed by atoms with Gasteiger partial charge in [-0.15, -0.1) is 5.54 Å². The first-order chi connectivity index (χ1) is 40.3. The summed E-state index contributed by atoms with van der Waals surface area (Å²) in [5.74, 6) is 33.6. The van der Waals surface area contributed by atoms with Crippen molar-refractivity contribution in [2.45, 2.75) is 182 Å². The van der Waals surface area contributed by atoms with Crippen molar-refractivity contribution in [3.63, 3.8) is 0 Å². The minimum atomic E-state index is -1.72. The van der Waals surface area contributed by atoms with Crippen LogP contribution >= 0.6 is 15.9 Å². The fraction of sp³-hybridized carbons (Fsp3) is 0.573. The molecular weight excluding hydrogens is 1140 g/mol. The van der Waals surface area contributed by atoms with Crippen LogP contribution in [0.4, 0.5) is 0 Å². The summed E-state index contributed by atoms with van der Waals surface area (Å²) in [6.07, 6.45) is 7.10. The normalized spacial score (nSPS) is 11.3. The first kappa shape index (κ1) is 71.7. The monoisotopic (exact) mass is 1240 g/mol. The molecule has 0 heterocycles. The molecule has 85 heavy (non-hydrogen) atoms. The number of benzene rings is 4. The highest BCUT2D eigenvalue weighted by Gasteiger charge is 2.19. The molecule has 0 spiro atoms. The minimum absolute atomic E-state index is 0.427. The predicted octanol–water partition coefficient (Wildman–Crippen LogP) is 19.3. The fourth-order valence-corrected chi connectivity index (χ4v) is 8.69. The molecular formula is C75H105BrO8Si. The predicted molar refractivity (Wildman–Crippen MR) is 361 cm³/mol. The summed E-state index contributed by atoms with van der Waals surface area (Å²) >= 11 is 3.76. The zero-order valence-electron chi connectivity index (χ0n) is 55.7. The average Bonchev–Trinajstić information content (AvgIpc) is 3.36. The Morgan fingerprint density at radius 1 is 0.271 bits per heavy atom. The van der Waals surface area contributed by atoms with E-state index in [1.54, 1.807) is 0 Å². The van der Waals surface area contributed by atoms with Crippen LogP contribution in [0.1, 0.15) is 201 Å². The van der Waals surface area contributed by atoms with Crippen LogP contribution in [-0.4, -0.2) is 60.9 Å². The highest BCUT2D eigenvalue weighted by molar-refractivity contribution is 9.10. The summed E-state index contributed by atoms with van der Waals surface area (Å²) in [5, 5.41) is 0. The van der Waals surface area contributed by atoms with E-state index in [0.717, 1.165) is 72.7 Å². The molecule has 0 radical (unpaired) electrons. The van der Waals surface area contributed by atoms with Gasteiger partial charge in [0.15, 0.2) is 0 Å². The molecule has 0 aliphatic rings. The lowest BCUT2D eigenvalue weighted by Crippen LogP contribution is -2.16. The van der Waals surface area contributed by atoms with E-state index in [9.17, 15) is 0 Å². The van der Waals surface area contributed by atoms with E-state index in [1.807, 2.05) is 48.5 Å². The zero-order valence-corrected chi connectivity index (χ0v) is 58.3. The average molecular weight is 1240 g/mol. The SMILES string of the molecule is CC(C)CCOc1cc(C#Cc2cc(OCCC(C)C)c(C#Cc3cc(OCCC(C)C)c(C#Cc4cc(OCCC(C)C)c(C#C[Si](C)(C)C)cc4OCCC(C)C)cc3OCCC(C)C)cc2OCCC(C)C)c(OCCC(C)C)cc1Br. The molecule has 0 aliphatic carbocycles. The highest BCUT2D eigenvalue weighted by Crippen LogP contribution is 2.36. The zero-order chi connectivity index (χ0) is 62.6. The summed E-state index contributed by atoms with van der Waals surface area (Å²) in [6, 6.07) is 15.9. The highest BCUT2D eigenvalue weighted by atomic mass is 79.9. The second kappa shape index (κ2) is 37.0. The van der Waals surface area contributed by atoms with Crippen molar-refractivity contribution in [1.82, 2.24) is 0 Å². The quantitative estimate of drug-likeness (QED) is 0.0354. The molecule has 0 atom stereocenters. The molecule has 0 unspecified atom stereocenters. The third-order valence-electron chi connectivity index (χ3n) is 13.5. The molecule has 0 amide bonds. The van der Waals surface area contributed by atoms with E-state index in [1.165, 1.54) is 0 Å². The third kappa shape index (κ3) is 28.1. The summed E-state index contributed by atoms with van der Waals surface area (Å²) in [6.45, 7) is 46.2. The molecule has 0 bridgehead atoms. The van der Waals surface area contributed by atoms with Gasteiger partial charge in [0, 0.05) is 42.5 Å². The van der Waals surface area contributed by atoms with Gasteiger partial charge in [-0.25, -0.2) is 0 Å². The lowest BCUT2D eigenvalue weighted by atomic mass is 10.0. The maximum absolute atomic E-state index is 6.71. The molecule has 4 aromatic rings. The number of hydrogen-bond acceptors (Lipinski definition) is 8.